The summed E-state index contributed by atoms with van der Waals surface area (Å²) in [6, 6.07) is 5.38. The second-order valence-corrected chi connectivity index (χ2v) is 4.71. The Morgan fingerprint density at radius 1 is 1.47 bits per heavy atom. The Bertz CT molecular complexity index is 388. The number of benzene rings is 1. The molecule has 1 aliphatic carbocycles. The zero-order valence-corrected chi connectivity index (χ0v) is 9.88. The van der Waals surface area contributed by atoms with Gasteiger partial charge in [0.05, 0.1) is 5.69 Å². The Hall–Kier alpha value is -1.03. The van der Waals surface area contributed by atoms with Crippen LogP contribution in [0.1, 0.15) is 19.3 Å². The standard InChI is InChI=1S/C11H13BrN2O/c12-9-6-8(13)4-5-10(9)14-11(15)7-2-1-3-7/h4-7H,1-3,13H2,(H,14,15). The van der Waals surface area contributed by atoms with Gasteiger partial charge >= 0.3 is 0 Å². The number of nitrogen functional groups attached to an aromatic ring is 1. The lowest BCUT2D eigenvalue weighted by molar-refractivity contribution is -0.122. The lowest BCUT2D eigenvalue weighted by Gasteiger charge is -2.24. The Labute approximate surface area is 97.2 Å². The van der Waals surface area contributed by atoms with Crippen LogP contribution in [0.3, 0.4) is 0 Å². The van der Waals surface area contributed by atoms with Gasteiger partial charge in [0.1, 0.15) is 0 Å². The highest BCUT2D eigenvalue weighted by Gasteiger charge is 2.25. The molecule has 1 saturated carbocycles. The van der Waals surface area contributed by atoms with E-state index in [2.05, 4.69) is 21.2 Å². The number of hydrogen-bond acceptors (Lipinski definition) is 2. The van der Waals surface area contributed by atoms with E-state index in [1.54, 1.807) is 12.1 Å². The lowest BCUT2D eigenvalue weighted by atomic mass is 9.85. The molecule has 15 heavy (non-hydrogen) atoms. The van der Waals surface area contributed by atoms with Crippen molar-refractivity contribution < 1.29 is 4.79 Å². The van der Waals surface area contributed by atoms with Crippen molar-refractivity contribution in [2.75, 3.05) is 11.1 Å². The Morgan fingerprint density at radius 3 is 2.73 bits per heavy atom. The second-order valence-electron chi connectivity index (χ2n) is 3.86. The summed E-state index contributed by atoms with van der Waals surface area (Å²) in [4.78, 5) is 11.7. The molecule has 0 radical (unpaired) electrons. The van der Waals surface area contributed by atoms with Crippen molar-refractivity contribution in [3.8, 4) is 0 Å². The zero-order chi connectivity index (χ0) is 10.8. The fourth-order valence-corrected chi connectivity index (χ4v) is 2.03. The van der Waals surface area contributed by atoms with Crippen molar-refractivity contribution in [1.29, 1.82) is 0 Å². The molecule has 2 rings (SSSR count). The molecular formula is C11H13BrN2O. The molecule has 1 fully saturated rings. The van der Waals surface area contributed by atoms with E-state index in [1.807, 2.05) is 6.07 Å². The van der Waals surface area contributed by atoms with Gasteiger partial charge in [-0.05, 0) is 47.0 Å². The number of carbonyl (C=O) groups is 1. The highest BCUT2D eigenvalue weighted by molar-refractivity contribution is 9.10. The van der Waals surface area contributed by atoms with E-state index in [1.165, 1.54) is 6.42 Å². The molecule has 1 amide bonds. The number of halogens is 1. The number of nitrogens with one attached hydrogen (secondary N) is 1. The fourth-order valence-electron chi connectivity index (χ4n) is 1.54. The minimum absolute atomic E-state index is 0.117. The summed E-state index contributed by atoms with van der Waals surface area (Å²) in [7, 11) is 0. The van der Waals surface area contributed by atoms with Gasteiger partial charge in [-0.15, -0.1) is 0 Å². The highest BCUT2D eigenvalue weighted by atomic mass is 79.9. The first-order valence-corrected chi connectivity index (χ1v) is 5.82. The zero-order valence-electron chi connectivity index (χ0n) is 8.29. The average molecular weight is 269 g/mol. The van der Waals surface area contributed by atoms with Gasteiger partial charge in [-0.25, -0.2) is 0 Å². The van der Waals surface area contributed by atoms with Crippen LogP contribution in [0.4, 0.5) is 11.4 Å². The van der Waals surface area contributed by atoms with Crippen molar-refractivity contribution in [2.45, 2.75) is 19.3 Å². The largest absolute Gasteiger partial charge is 0.399 e. The molecule has 0 aliphatic heterocycles. The highest BCUT2D eigenvalue weighted by Crippen LogP contribution is 2.30. The first-order valence-electron chi connectivity index (χ1n) is 5.02. The van der Waals surface area contributed by atoms with Crippen LogP contribution in [0.5, 0.6) is 0 Å². The Kier molecular flexibility index (Phi) is 2.95. The summed E-state index contributed by atoms with van der Waals surface area (Å²) in [6.07, 6.45) is 3.19. The van der Waals surface area contributed by atoms with Gasteiger partial charge in [0, 0.05) is 16.1 Å². The molecule has 0 bridgehead atoms. The van der Waals surface area contributed by atoms with E-state index < -0.39 is 0 Å². The average Bonchev–Trinajstić information content (AvgIpc) is 2.07. The smallest absolute Gasteiger partial charge is 0.227 e. The SMILES string of the molecule is Nc1ccc(NC(=O)C2CCC2)c(Br)c1. The van der Waals surface area contributed by atoms with E-state index in [0.717, 1.165) is 23.0 Å². The van der Waals surface area contributed by atoms with Gasteiger partial charge < -0.3 is 11.1 Å². The predicted molar refractivity (Wildman–Crippen MR) is 64.5 cm³/mol. The van der Waals surface area contributed by atoms with Crippen molar-refractivity contribution in [2.24, 2.45) is 5.92 Å². The maximum atomic E-state index is 11.7. The molecule has 0 heterocycles. The minimum Gasteiger partial charge on any atom is -0.399 e. The summed E-state index contributed by atoms with van der Waals surface area (Å²) >= 11 is 3.37. The van der Waals surface area contributed by atoms with Crippen LogP contribution in [-0.4, -0.2) is 5.91 Å². The van der Waals surface area contributed by atoms with Gasteiger partial charge in [-0.3, -0.25) is 4.79 Å². The lowest BCUT2D eigenvalue weighted by Crippen LogP contribution is -2.28. The van der Waals surface area contributed by atoms with Crippen molar-refractivity contribution in [3.05, 3.63) is 22.7 Å². The molecule has 3 nitrogen and oxygen atoms in total. The number of nitrogens with two attached hydrogens (primary N) is 1. The maximum Gasteiger partial charge on any atom is 0.227 e. The summed E-state index contributed by atoms with van der Waals surface area (Å²) < 4.78 is 0.829. The summed E-state index contributed by atoms with van der Waals surface area (Å²) in [5.74, 6) is 0.321. The van der Waals surface area contributed by atoms with Crippen LogP contribution in [0.2, 0.25) is 0 Å². The van der Waals surface area contributed by atoms with Crippen LogP contribution in [0.25, 0.3) is 0 Å². The van der Waals surface area contributed by atoms with Crippen LogP contribution >= 0.6 is 15.9 Å². The van der Waals surface area contributed by atoms with E-state index in [9.17, 15) is 4.79 Å². The maximum absolute atomic E-state index is 11.7. The van der Waals surface area contributed by atoms with E-state index in [-0.39, 0.29) is 11.8 Å². The predicted octanol–water partition coefficient (Wildman–Crippen LogP) is 2.77. The van der Waals surface area contributed by atoms with Gasteiger partial charge in [0.2, 0.25) is 5.91 Å². The number of anilines is 2. The number of carbonyl (C=O) groups excluding carboxylic acids is 1. The molecule has 1 aromatic carbocycles. The normalized spacial score (nSPS) is 15.8. The van der Waals surface area contributed by atoms with E-state index in [0.29, 0.717) is 5.69 Å². The third kappa shape index (κ3) is 2.31. The number of rotatable bonds is 2. The van der Waals surface area contributed by atoms with Crippen molar-refractivity contribution >= 4 is 33.2 Å². The molecule has 0 aromatic heterocycles. The Morgan fingerprint density at radius 2 is 2.20 bits per heavy atom. The topological polar surface area (TPSA) is 55.1 Å². The molecule has 0 saturated heterocycles. The van der Waals surface area contributed by atoms with Crippen LogP contribution in [0.15, 0.2) is 22.7 Å². The Balaban J connectivity index is 2.06. The monoisotopic (exact) mass is 268 g/mol. The molecule has 0 unspecified atom stereocenters. The number of hydrogen-bond donors (Lipinski definition) is 2. The van der Waals surface area contributed by atoms with Gasteiger partial charge in [-0.2, -0.15) is 0 Å². The third-order valence-corrected chi connectivity index (χ3v) is 3.38. The third-order valence-electron chi connectivity index (χ3n) is 2.73. The van der Waals surface area contributed by atoms with Gasteiger partial charge in [-0.1, -0.05) is 6.42 Å². The molecule has 1 aliphatic rings. The van der Waals surface area contributed by atoms with Gasteiger partial charge in [0.25, 0.3) is 0 Å². The fraction of sp³-hybridized carbons (Fsp3) is 0.364. The van der Waals surface area contributed by atoms with Crippen LogP contribution in [0, 0.1) is 5.92 Å². The van der Waals surface area contributed by atoms with E-state index in [4.69, 9.17) is 5.73 Å². The van der Waals surface area contributed by atoms with Crippen molar-refractivity contribution in [1.82, 2.24) is 0 Å². The minimum atomic E-state index is 0.117. The molecule has 0 atom stereocenters. The first-order chi connectivity index (χ1) is 7.16. The molecule has 4 heteroatoms. The van der Waals surface area contributed by atoms with Crippen LogP contribution < -0.4 is 11.1 Å². The molecule has 1 aromatic rings. The second kappa shape index (κ2) is 4.23. The van der Waals surface area contributed by atoms with Crippen LogP contribution in [-0.2, 0) is 4.79 Å². The molecular weight excluding hydrogens is 256 g/mol. The van der Waals surface area contributed by atoms with E-state index >= 15 is 0 Å². The van der Waals surface area contributed by atoms with Gasteiger partial charge in [0.15, 0.2) is 0 Å². The first kappa shape index (κ1) is 10.5. The quantitative estimate of drug-likeness (QED) is 0.811. The molecule has 80 valence electrons. The summed E-state index contributed by atoms with van der Waals surface area (Å²) in [5.41, 5.74) is 7.09. The molecule has 0 spiro atoms. The summed E-state index contributed by atoms with van der Waals surface area (Å²) in [5, 5.41) is 2.90. The summed E-state index contributed by atoms with van der Waals surface area (Å²) in [6.45, 7) is 0. The molecule has 3 N–H and O–H groups in total. The van der Waals surface area contributed by atoms with Crippen molar-refractivity contribution in [3.63, 3.8) is 0 Å². The number of amides is 1.